The molecule has 1 atom stereocenters. The molecule has 5 nitrogen and oxygen atoms in total. The van der Waals surface area contributed by atoms with E-state index in [1.165, 1.54) is 0 Å². The van der Waals surface area contributed by atoms with Crippen LogP contribution in [0.25, 0.3) is 0 Å². The number of furan rings is 1. The van der Waals surface area contributed by atoms with Crippen molar-refractivity contribution in [1.82, 2.24) is 15.3 Å². The van der Waals surface area contributed by atoms with Gasteiger partial charge in [0.2, 0.25) is 5.91 Å². The first-order valence-corrected chi connectivity index (χ1v) is 6.14. The Bertz CT molecular complexity index is 530. The molecule has 0 aromatic carbocycles. The minimum Gasteiger partial charge on any atom is -0.467 e. The quantitative estimate of drug-likeness (QED) is 0.859. The predicted molar refractivity (Wildman–Crippen MR) is 64.7 cm³/mol. The molecule has 2 aromatic heterocycles. The average molecular weight is 245 g/mol. The monoisotopic (exact) mass is 245 g/mol. The number of nitrogens with zero attached hydrogens (tertiary/aromatic N) is 1. The molecule has 0 radical (unpaired) electrons. The highest BCUT2D eigenvalue weighted by atomic mass is 16.3. The van der Waals surface area contributed by atoms with E-state index in [1.54, 1.807) is 12.6 Å². The second kappa shape index (κ2) is 4.68. The van der Waals surface area contributed by atoms with Gasteiger partial charge in [0.15, 0.2) is 0 Å². The lowest BCUT2D eigenvalue weighted by molar-refractivity contribution is -0.125. The van der Waals surface area contributed by atoms with Crippen LogP contribution in [-0.4, -0.2) is 15.9 Å². The van der Waals surface area contributed by atoms with Crippen LogP contribution in [-0.2, 0) is 24.2 Å². The fourth-order valence-corrected chi connectivity index (χ4v) is 2.36. The van der Waals surface area contributed by atoms with Crippen molar-refractivity contribution in [3.63, 3.8) is 0 Å². The third-order valence-electron chi connectivity index (χ3n) is 3.38. The molecule has 0 saturated carbocycles. The van der Waals surface area contributed by atoms with E-state index in [-0.39, 0.29) is 11.8 Å². The van der Waals surface area contributed by atoms with E-state index in [0.29, 0.717) is 6.54 Å². The summed E-state index contributed by atoms with van der Waals surface area (Å²) in [5.41, 5.74) is 2.20. The van der Waals surface area contributed by atoms with Gasteiger partial charge < -0.3 is 14.7 Å². The molecule has 94 valence electrons. The van der Waals surface area contributed by atoms with E-state index in [2.05, 4.69) is 15.3 Å². The van der Waals surface area contributed by atoms with Crippen molar-refractivity contribution in [2.75, 3.05) is 0 Å². The molecule has 2 N–H and O–H groups in total. The van der Waals surface area contributed by atoms with Gasteiger partial charge in [0.25, 0.3) is 0 Å². The fraction of sp³-hybridized carbons (Fsp3) is 0.385. The Hall–Kier alpha value is -2.04. The van der Waals surface area contributed by atoms with Gasteiger partial charge in [0, 0.05) is 18.0 Å². The summed E-state index contributed by atoms with van der Waals surface area (Å²) < 4.78 is 5.18. The topological polar surface area (TPSA) is 70.9 Å². The van der Waals surface area contributed by atoms with E-state index in [0.717, 1.165) is 36.4 Å². The van der Waals surface area contributed by atoms with E-state index in [1.807, 2.05) is 12.1 Å². The highest BCUT2D eigenvalue weighted by molar-refractivity contribution is 5.79. The number of hydrogen-bond donors (Lipinski definition) is 2. The van der Waals surface area contributed by atoms with Gasteiger partial charge in [0.05, 0.1) is 24.8 Å². The maximum absolute atomic E-state index is 12.0. The normalized spacial score (nSPS) is 18.3. The summed E-state index contributed by atoms with van der Waals surface area (Å²) in [5, 5.41) is 2.91. The second-order valence-corrected chi connectivity index (χ2v) is 4.56. The summed E-state index contributed by atoms with van der Waals surface area (Å²) in [6.45, 7) is 0.457. The van der Waals surface area contributed by atoms with Gasteiger partial charge in [-0.15, -0.1) is 0 Å². The lowest BCUT2D eigenvalue weighted by Gasteiger charge is -2.20. The van der Waals surface area contributed by atoms with Crippen molar-refractivity contribution in [3.05, 3.63) is 41.9 Å². The van der Waals surface area contributed by atoms with Crippen molar-refractivity contribution < 1.29 is 9.21 Å². The molecule has 3 rings (SSSR count). The standard InChI is InChI=1S/C13H15N3O2/c17-13(14-7-10-2-1-5-18-10)9-3-4-11-12(6-9)16-8-15-11/h1-2,5,8-9H,3-4,6-7H2,(H,14,17)(H,15,16). The zero-order valence-electron chi connectivity index (χ0n) is 9.98. The van der Waals surface area contributed by atoms with Crippen LogP contribution in [0, 0.1) is 5.92 Å². The number of carbonyl (C=O) groups is 1. The van der Waals surface area contributed by atoms with Gasteiger partial charge in [-0.05, 0) is 25.0 Å². The molecule has 0 fully saturated rings. The molecule has 18 heavy (non-hydrogen) atoms. The Morgan fingerprint density at radius 2 is 2.56 bits per heavy atom. The van der Waals surface area contributed by atoms with Crippen molar-refractivity contribution in [1.29, 1.82) is 0 Å². The lowest BCUT2D eigenvalue weighted by atomic mass is 9.89. The number of imidazole rings is 1. The molecule has 2 heterocycles. The number of aromatic nitrogens is 2. The minimum absolute atomic E-state index is 0.0351. The molecule has 0 spiro atoms. The third kappa shape index (κ3) is 2.16. The minimum atomic E-state index is 0.0351. The van der Waals surface area contributed by atoms with Crippen molar-refractivity contribution in [2.24, 2.45) is 5.92 Å². The fourth-order valence-electron chi connectivity index (χ4n) is 2.36. The van der Waals surface area contributed by atoms with Crippen LogP contribution in [0.3, 0.4) is 0 Å². The molecule has 1 aliphatic rings. The first-order valence-electron chi connectivity index (χ1n) is 6.14. The van der Waals surface area contributed by atoms with E-state index in [9.17, 15) is 4.79 Å². The van der Waals surface area contributed by atoms with Crippen LogP contribution in [0.1, 0.15) is 23.6 Å². The molecule has 1 unspecified atom stereocenters. The maximum Gasteiger partial charge on any atom is 0.223 e. The summed E-state index contributed by atoms with van der Waals surface area (Å²) in [6.07, 6.45) is 5.80. The molecule has 1 amide bonds. The number of amides is 1. The number of hydrogen-bond acceptors (Lipinski definition) is 3. The Morgan fingerprint density at radius 1 is 1.61 bits per heavy atom. The van der Waals surface area contributed by atoms with Crippen LogP contribution in [0.4, 0.5) is 0 Å². The molecule has 0 saturated heterocycles. The number of aromatic amines is 1. The van der Waals surface area contributed by atoms with E-state index >= 15 is 0 Å². The highest BCUT2D eigenvalue weighted by Crippen LogP contribution is 2.22. The van der Waals surface area contributed by atoms with Gasteiger partial charge in [-0.1, -0.05) is 0 Å². The number of aryl methyl sites for hydroxylation is 1. The van der Waals surface area contributed by atoms with Crippen molar-refractivity contribution in [3.8, 4) is 0 Å². The van der Waals surface area contributed by atoms with Crippen LogP contribution >= 0.6 is 0 Å². The van der Waals surface area contributed by atoms with Gasteiger partial charge in [0.1, 0.15) is 5.76 Å². The second-order valence-electron chi connectivity index (χ2n) is 4.56. The predicted octanol–water partition coefficient (Wildman–Crippen LogP) is 1.42. The Morgan fingerprint density at radius 3 is 3.39 bits per heavy atom. The lowest BCUT2D eigenvalue weighted by Crippen LogP contribution is -2.33. The van der Waals surface area contributed by atoms with Gasteiger partial charge in [-0.3, -0.25) is 4.79 Å². The van der Waals surface area contributed by atoms with Gasteiger partial charge >= 0.3 is 0 Å². The zero-order valence-corrected chi connectivity index (χ0v) is 9.98. The summed E-state index contributed by atoms with van der Waals surface area (Å²) >= 11 is 0. The van der Waals surface area contributed by atoms with Crippen LogP contribution in [0.5, 0.6) is 0 Å². The first-order chi connectivity index (χ1) is 8.83. The summed E-state index contributed by atoms with van der Waals surface area (Å²) in [6, 6.07) is 3.67. The SMILES string of the molecule is O=C(NCc1ccco1)C1CCc2nc[nH]c2C1. The third-order valence-corrected chi connectivity index (χ3v) is 3.38. The molecular weight excluding hydrogens is 230 g/mol. The molecule has 2 aromatic rings. The summed E-state index contributed by atoms with van der Waals surface area (Å²) in [4.78, 5) is 19.4. The average Bonchev–Trinajstić information content (AvgIpc) is 3.05. The van der Waals surface area contributed by atoms with Crippen LogP contribution < -0.4 is 5.32 Å². The molecule has 0 bridgehead atoms. The summed E-state index contributed by atoms with van der Waals surface area (Å²) in [7, 11) is 0. The largest absolute Gasteiger partial charge is 0.467 e. The van der Waals surface area contributed by atoms with Gasteiger partial charge in [-0.25, -0.2) is 4.98 Å². The summed E-state index contributed by atoms with van der Waals surface area (Å²) in [5.74, 6) is 0.904. The number of H-pyrrole nitrogens is 1. The Balaban J connectivity index is 1.57. The van der Waals surface area contributed by atoms with Gasteiger partial charge in [-0.2, -0.15) is 0 Å². The molecule has 1 aliphatic carbocycles. The zero-order chi connectivity index (χ0) is 12.4. The van der Waals surface area contributed by atoms with E-state index in [4.69, 9.17) is 4.42 Å². The molecular formula is C13H15N3O2. The maximum atomic E-state index is 12.0. The number of rotatable bonds is 3. The van der Waals surface area contributed by atoms with Crippen molar-refractivity contribution >= 4 is 5.91 Å². The van der Waals surface area contributed by atoms with Crippen LogP contribution in [0.15, 0.2) is 29.1 Å². The first kappa shape index (κ1) is 11.1. The Labute approximate surface area is 105 Å². The van der Waals surface area contributed by atoms with Crippen molar-refractivity contribution in [2.45, 2.75) is 25.8 Å². The Kier molecular flexibility index (Phi) is 2.88. The highest BCUT2D eigenvalue weighted by Gasteiger charge is 2.25. The smallest absolute Gasteiger partial charge is 0.223 e. The van der Waals surface area contributed by atoms with E-state index < -0.39 is 0 Å². The molecule has 0 aliphatic heterocycles. The number of nitrogens with one attached hydrogen (secondary N) is 2. The van der Waals surface area contributed by atoms with Crippen LogP contribution in [0.2, 0.25) is 0 Å². The molecule has 5 heteroatoms. The number of fused-ring (bicyclic) bond motifs is 1. The number of carbonyl (C=O) groups excluding carboxylic acids is 1.